The predicted octanol–water partition coefficient (Wildman–Crippen LogP) is -2.96. The molecule has 3 amide bonds. The molecule has 246 valence electrons. The van der Waals surface area contributed by atoms with Crippen LogP contribution in [0.1, 0.15) is 45.3 Å². The van der Waals surface area contributed by atoms with Crippen molar-refractivity contribution in [2.24, 2.45) is 5.73 Å². The quantitative estimate of drug-likeness (QED) is 0.115. The van der Waals surface area contributed by atoms with Crippen LogP contribution in [0, 0.1) is 0 Å². The second-order valence-electron chi connectivity index (χ2n) is 10.5. The minimum atomic E-state index is -2.20. The van der Waals surface area contributed by atoms with E-state index in [0.29, 0.717) is 0 Å². The summed E-state index contributed by atoms with van der Waals surface area (Å²) < 4.78 is 19.5. The number of likely N-dealkylation sites (N-methyl/N-ethyl adjacent to an activating group) is 1. The van der Waals surface area contributed by atoms with E-state index in [1.54, 1.807) is 6.92 Å². The number of nitrogens with two attached hydrogens (primary N) is 1. The van der Waals surface area contributed by atoms with Gasteiger partial charge in [0.05, 0.1) is 22.7 Å². The molecule has 0 aromatic heterocycles. The van der Waals surface area contributed by atoms with E-state index >= 15 is 0 Å². The van der Waals surface area contributed by atoms with Crippen molar-refractivity contribution in [3.05, 3.63) is 17.7 Å². The number of phenolic OH excluding ortho intramolecular Hbond substituents is 1. The van der Waals surface area contributed by atoms with Crippen LogP contribution in [0.4, 0.5) is 0 Å². The number of carbonyl (C=O) groups excluding carboxylic acids is 3. The van der Waals surface area contributed by atoms with Crippen molar-refractivity contribution in [1.29, 1.82) is 0 Å². The molecule has 1 aromatic carbocycles. The Morgan fingerprint density at radius 3 is 2.36 bits per heavy atom. The van der Waals surface area contributed by atoms with Crippen LogP contribution in [0.5, 0.6) is 11.5 Å². The van der Waals surface area contributed by atoms with Gasteiger partial charge in [0.25, 0.3) is 0 Å². The second kappa shape index (κ2) is 15.2. The zero-order valence-electron chi connectivity index (χ0n) is 24.5. The van der Waals surface area contributed by atoms with Crippen molar-refractivity contribution in [2.75, 3.05) is 19.3 Å². The van der Waals surface area contributed by atoms with Gasteiger partial charge in [-0.15, -0.1) is 0 Å². The standard InChI is InChI=1S/C26H39N5O12S/c1-5-26(3)21(24(39)29-9-18(34)35)31-22(37)11(2)30-23(38)19(28-4)20(36)13-7-16(43-26)15(33)8-17(13)44(42)10-12(32)6-14(27)25(40)41/h7-8,11-12,14,19-21,28,32-33,36H,5-6,9-10,27H2,1-4H3,(H,29,39)(H,30,38)(H,31,37)(H,34,35)(H,40,41)/t11-,12-,14-,19-,20+,21?,26+,44?/m0/s1. The molecule has 2 rings (SSSR count). The van der Waals surface area contributed by atoms with Crippen LogP contribution < -0.4 is 31.7 Å². The summed E-state index contributed by atoms with van der Waals surface area (Å²) in [5, 5.41) is 60.3. The van der Waals surface area contributed by atoms with Gasteiger partial charge in [0.2, 0.25) is 17.7 Å². The van der Waals surface area contributed by atoms with E-state index in [-0.39, 0.29) is 22.6 Å². The molecule has 0 saturated heterocycles. The molecule has 1 aliphatic heterocycles. The summed E-state index contributed by atoms with van der Waals surface area (Å²) in [6.45, 7) is 3.51. The van der Waals surface area contributed by atoms with Gasteiger partial charge in [-0.1, -0.05) is 6.92 Å². The number of carbonyl (C=O) groups is 5. The molecule has 1 aliphatic rings. The zero-order valence-corrected chi connectivity index (χ0v) is 25.3. The van der Waals surface area contributed by atoms with Crippen LogP contribution in [0.3, 0.4) is 0 Å². The molecule has 44 heavy (non-hydrogen) atoms. The maximum Gasteiger partial charge on any atom is 0.322 e. The van der Waals surface area contributed by atoms with Crippen LogP contribution in [-0.2, 0) is 34.8 Å². The number of aliphatic hydroxyl groups excluding tert-OH is 2. The molecule has 11 N–H and O–H groups in total. The highest BCUT2D eigenvalue weighted by atomic mass is 32.2. The Morgan fingerprint density at radius 1 is 1.18 bits per heavy atom. The number of hydrogen-bond acceptors (Lipinski definition) is 12. The third-order valence-corrected chi connectivity index (χ3v) is 8.65. The number of phenols is 1. The molecule has 0 fully saturated rings. The highest BCUT2D eigenvalue weighted by Crippen LogP contribution is 2.39. The van der Waals surface area contributed by atoms with Gasteiger partial charge in [0.15, 0.2) is 11.5 Å². The normalized spacial score (nSPS) is 26.2. The zero-order chi connectivity index (χ0) is 33.5. The number of aromatic hydroxyl groups is 1. The van der Waals surface area contributed by atoms with Crippen molar-refractivity contribution >= 4 is 40.5 Å². The molecule has 0 radical (unpaired) electrons. The molecule has 2 unspecified atom stereocenters. The summed E-state index contributed by atoms with van der Waals surface area (Å²) in [5.74, 6) is -6.97. The maximum atomic E-state index is 13.4. The first-order valence-corrected chi connectivity index (χ1v) is 14.8. The van der Waals surface area contributed by atoms with Gasteiger partial charge in [0.1, 0.15) is 42.4 Å². The Hall–Kier alpha value is -3.84. The Balaban J connectivity index is 2.71. The minimum absolute atomic E-state index is 0.000642. The Kier molecular flexibility index (Phi) is 12.6. The number of rotatable bonds is 11. The van der Waals surface area contributed by atoms with Gasteiger partial charge >= 0.3 is 11.9 Å². The molecule has 8 atom stereocenters. The summed E-state index contributed by atoms with van der Waals surface area (Å²) in [5.41, 5.74) is 3.59. The third-order valence-electron chi connectivity index (χ3n) is 7.12. The molecule has 1 heterocycles. The van der Waals surface area contributed by atoms with Gasteiger partial charge in [-0.05, 0) is 33.4 Å². The van der Waals surface area contributed by atoms with Crippen molar-refractivity contribution in [2.45, 2.75) is 80.5 Å². The summed E-state index contributed by atoms with van der Waals surface area (Å²) in [6, 6.07) is -3.70. The fourth-order valence-corrected chi connectivity index (χ4v) is 5.75. The average Bonchev–Trinajstić information content (AvgIpc) is 2.94. The van der Waals surface area contributed by atoms with Crippen LogP contribution >= 0.6 is 0 Å². The number of fused-ring (bicyclic) bond motifs is 2. The van der Waals surface area contributed by atoms with Gasteiger partial charge < -0.3 is 57.3 Å². The Morgan fingerprint density at radius 2 is 1.82 bits per heavy atom. The fourth-order valence-electron chi connectivity index (χ4n) is 4.40. The molecule has 18 heteroatoms. The van der Waals surface area contributed by atoms with Crippen LogP contribution in [0.25, 0.3) is 0 Å². The first kappa shape index (κ1) is 36.4. The number of carboxylic acid groups (broad SMARTS) is 2. The second-order valence-corrected chi connectivity index (χ2v) is 11.9. The summed E-state index contributed by atoms with van der Waals surface area (Å²) >= 11 is 0. The van der Waals surface area contributed by atoms with Gasteiger partial charge in [-0.2, -0.15) is 0 Å². The lowest BCUT2D eigenvalue weighted by Gasteiger charge is -2.37. The number of nitrogens with one attached hydrogen (secondary N) is 4. The number of aliphatic carboxylic acids is 2. The maximum absolute atomic E-state index is 13.4. The number of carboxylic acids is 2. The molecule has 0 spiro atoms. The smallest absolute Gasteiger partial charge is 0.322 e. The van der Waals surface area contributed by atoms with Gasteiger partial charge in [0, 0.05) is 22.9 Å². The molecular weight excluding hydrogens is 606 g/mol. The van der Waals surface area contributed by atoms with Crippen molar-refractivity contribution < 1.29 is 58.5 Å². The lowest BCUT2D eigenvalue weighted by atomic mass is 9.91. The van der Waals surface area contributed by atoms with Gasteiger partial charge in [-0.3, -0.25) is 28.2 Å². The lowest BCUT2D eigenvalue weighted by Crippen LogP contribution is -2.64. The van der Waals surface area contributed by atoms with Crippen LogP contribution in [0.2, 0.25) is 0 Å². The highest BCUT2D eigenvalue weighted by molar-refractivity contribution is 7.85. The van der Waals surface area contributed by atoms with E-state index < -0.39 is 107 Å². The fraction of sp³-hybridized carbons (Fsp3) is 0.577. The van der Waals surface area contributed by atoms with Crippen molar-refractivity contribution in [3.8, 4) is 11.5 Å². The van der Waals surface area contributed by atoms with E-state index in [2.05, 4.69) is 21.3 Å². The van der Waals surface area contributed by atoms with E-state index in [1.165, 1.54) is 20.9 Å². The predicted molar refractivity (Wildman–Crippen MR) is 153 cm³/mol. The minimum Gasteiger partial charge on any atom is -0.504 e. The topological polar surface area (TPSA) is 287 Å². The van der Waals surface area contributed by atoms with E-state index in [1.807, 2.05) is 0 Å². The number of benzene rings is 1. The molecular formula is C26H39N5O12S. The number of aliphatic hydroxyl groups is 2. The van der Waals surface area contributed by atoms with Crippen LogP contribution in [0.15, 0.2) is 17.0 Å². The first-order valence-electron chi connectivity index (χ1n) is 13.5. The highest BCUT2D eigenvalue weighted by Gasteiger charge is 2.44. The third kappa shape index (κ3) is 8.85. The molecule has 2 bridgehead atoms. The number of ether oxygens (including phenoxy) is 1. The monoisotopic (exact) mass is 645 g/mol. The summed E-state index contributed by atoms with van der Waals surface area (Å²) in [6.07, 6.45) is -3.70. The number of hydrogen-bond donors (Lipinski definition) is 10. The lowest BCUT2D eigenvalue weighted by molar-refractivity contribution is -0.140. The molecule has 0 aliphatic carbocycles. The summed E-state index contributed by atoms with van der Waals surface area (Å²) in [7, 11) is -0.866. The molecule has 1 aromatic rings. The Labute approximate surface area is 255 Å². The molecule has 17 nitrogen and oxygen atoms in total. The van der Waals surface area contributed by atoms with Crippen molar-refractivity contribution in [1.82, 2.24) is 21.3 Å². The summed E-state index contributed by atoms with van der Waals surface area (Å²) in [4.78, 5) is 61.3. The number of amides is 3. The van der Waals surface area contributed by atoms with E-state index in [9.17, 15) is 43.5 Å². The largest absolute Gasteiger partial charge is 0.504 e. The SMILES string of the molecule is CC[C@@]1(C)Oc2cc(c(S(=O)C[C@@H](O)C[C@H](N)C(=O)O)cc2O)[C@@H](O)[C@H](NC)C(=O)N[C@@H](C)C(=O)NC1C(=O)NCC(=O)O. The Bertz CT molecular complexity index is 1300. The van der Waals surface area contributed by atoms with Gasteiger partial charge in [-0.25, -0.2) is 0 Å². The average molecular weight is 646 g/mol. The van der Waals surface area contributed by atoms with Crippen LogP contribution in [-0.4, -0.2) is 115 Å². The van der Waals surface area contributed by atoms with E-state index in [0.717, 1.165) is 12.1 Å². The van der Waals surface area contributed by atoms with E-state index in [4.69, 9.17) is 20.7 Å². The van der Waals surface area contributed by atoms with Crippen molar-refractivity contribution in [3.63, 3.8) is 0 Å². The molecule has 0 saturated carbocycles. The first-order chi connectivity index (χ1) is 20.4.